The molecule has 27 heavy (non-hydrogen) atoms. The second-order valence-electron chi connectivity index (χ2n) is 6.51. The lowest BCUT2D eigenvalue weighted by Gasteiger charge is -2.27. The largest absolute Gasteiger partial charge is 0.378 e. The van der Waals surface area contributed by atoms with Gasteiger partial charge in [-0.3, -0.25) is 4.79 Å². The van der Waals surface area contributed by atoms with Crippen molar-refractivity contribution in [2.45, 2.75) is 17.2 Å². The van der Waals surface area contributed by atoms with Crippen LogP contribution in [-0.2, 0) is 21.8 Å². The highest BCUT2D eigenvalue weighted by atomic mass is 32.2. The summed E-state index contributed by atoms with van der Waals surface area (Å²) in [6.45, 7) is 2.80. The monoisotopic (exact) mass is 384 g/mol. The number of amides is 1. The number of halogens is 1. The van der Waals surface area contributed by atoms with Crippen molar-refractivity contribution < 1.29 is 13.9 Å². The van der Waals surface area contributed by atoms with Crippen molar-refractivity contribution in [3.63, 3.8) is 0 Å². The van der Waals surface area contributed by atoms with E-state index in [2.05, 4.69) is 6.07 Å². The van der Waals surface area contributed by atoms with Gasteiger partial charge >= 0.3 is 0 Å². The lowest BCUT2D eigenvalue weighted by atomic mass is 10.2. The Labute approximate surface area is 161 Å². The van der Waals surface area contributed by atoms with Crippen LogP contribution < -0.4 is 0 Å². The second kappa shape index (κ2) is 8.15. The summed E-state index contributed by atoms with van der Waals surface area (Å²) in [5, 5.41) is 1.09. The Bertz CT molecular complexity index is 950. The Morgan fingerprint density at radius 1 is 1.07 bits per heavy atom. The summed E-state index contributed by atoms with van der Waals surface area (Å²) >= 11 is 1.59. The highest BCUT2D eigenvalue weighted by Gasteiger charge is 2.19. The molecule has 6 heteroatoms. The van der Waals surface area contributed by atoms with Crippen LogP contribution in [0.1, 0.15) is 5.56 Å². The molecule has 0 aliphatic carbocycles. The van der Waals surface area contributed by atoms with E-state index in [1.165, 1.54) is 6.07 Å². The van der Waals surface area contributed by atoms with E-state index in [9.17, 15) is 9.18 Å². The lowest BCUT2D eigenvalue weighted by Crippen LogP contribution is -2.42. The van der Waals surface area contributed by atoms with Crippen LogP contribution in [0.2, 0.25) is 0 Å². The second-order valence-corrected chi connectivity index (χ2v) is 7.53. The third kappa shape index (κ3) is 4.01. The number of thioether (sulfide) groups is 1. The molecule has 140 valence electrons. The quantitative estimate of drug-likeness (QED) is 0.625. The number of carbonyl (C=O) groups is 1. The number of para-hydroxylation sites is 1. The maximum Gasteiger partial charge on any atom is 0.242 e. The first kappa shape index (κ1) is 18.1. The van der Waals surface area contributed by atoms with Gasteiger partial charge in [0.25, 0.3) is 0 Å². The topological polar surface area (TPSA) is 34.5 Å². The molecule has 0 N–H and O–H groups in total. The molecule has 2 heterocycles. The van der Waals surface area contributed by atoms with Crippen LogP contribution in [-0.4, -0.2) is 41.7 Å². The van der Waals surface area contributed by atoms with Crippen molar-refractivity contribution in [3.8, 4) is 0 Å². The Morgan fingerprint density at radius 3 is 2.63 bits per heavy atom. The van der Waals surface area contributed by atoms with Gasteiger partial charge in [0.05, 0.1) is 13.2 Å². The molecule has 1 aliphatic heterocycles. The van der Waals surface area contributed by atoms with Gasteiger partial charge in [-0.25, -0.2) is 4.39 Å². The first-order valence-electron chi connectivity index (χ1n) is 9.02. The summed E-state index contributed by atoms with van der Waals surface area (Å²) in [5.74, 6) is 0.471. The lowest BCUT2D eigenvalue weighted by molar-refractivity contribution is -0.135. The molecule has 1 aromatic heterocycles. The number of morpholine rings is 1. The summed E-state index contributed by atoms with van der Waals surface area (Å²) < 4.78 is 21.2. The first-order chi connectivity index (χ1) is 13.2. The van der Waals surface area contributed by atoms with Crippen LogP contribution in [0, 0.1) is 5.82 Å². The van der Waals surface area contributed by atoms with Gasteiger partial charge in [-0.2, -0.15) is 0 Å². The molecular formula is C21H21FN2O2S. The third-order valence-electron chi connectivity index (χ3n) is 4.76. The number of hydrogen-bond donors (Lipinski definition) is 0. The zero-order valence-electron chi connectivity index (χ0n) is 14.9. The molecule has 1 amide bonds. The van der Waals surface area contributed by atoms with E-state index in [0.29, 0.717) is 44.2 Å². The van der Waals surface area contributed by atoms with Crippen LogP contribution in [0.4, 0.5) is 4.39 Å². The van der Waals surface area contributed by atoms with Gasteiger partial charge in [0.1, 0.15) is 12.4 Å². The van der Waals surface area contributed by atoms with E-state index in [1.807, 2.05) is 46.0 Å². The number of rotatable bonds is 5. The minimum absolute atomic E-state index is 0.102. The van der Waals surface area contributed by atoms with E-state index in [1.54, 1.807) is 17.8 Å². The Morgan fingerprint density at radius 2 is 1.81 bits per heavy atom. The fourth-order valence-electron chi connectivity index (χ4n) is 3.29. The number of nitrogens with zero attached hydrogens (tertiary/aromatic N) is 2. The number of benzene rings is 2. The van der Waals surface area contributed by atoms with Crippen LogP contribution in [0.25, 0.3) is 10.9 Å². The fraction of sp³-hybridized carbons (Fsp3) is 0.286. The molecule has 0 saturated carbocycles. The third-order valence-corrected chi connectivity index (χ3v) is 5.85. The van der Waals surface area contributed by atoms with Gasteiger partial charge in [0, 0.05) is 40.8 Å². The molecule has 0 unspecified atom stereocenters. The van der Waals surface area contributed by atoms with E-state index in [0.717, 1.165) is 15.8 Å². The zero-order chi connectivity index (χ0) is 18.6. The van der Waals surface area contributed by atoms with Gasteiger partial charge < -0.3 is 14.2 Å². The summed E-state index contributed by atoms with van der Waals surface area (Å²) in [6, 6.07) is 14.9. The van der Waals surface area contributed by atoms with Crippen LogP contribution in [0.5, 0.6) is 0 Å². The SMILES string of the molecule is O=C(Cn1cc(SCc2ccccc2F)c2ccccc21)N1CCOCC1. The molecular weight excluding hydrogens is 363 g/mol. The predicted molar refractivity (Wildman–Crippen MR) is 105 cm³/mol. The molecule has 4 nitrogen and oxygen atoms in total. The molecule has 2 aromatic carbocycles. The molecule has 3 aromatic rings. The fourth-order valence-corrected chi connectivity index (χ4v) is 4.36. The Balaban J connectivity index is 1.55. The van der Waals surface area contributed by atoms with Crippen molar-refractivity contribution in [2.75, 3.05) is 26.3 Å². The molecule has 1 aliphatic rings. The predicted octanol–water partition coefficient (Wildman–Crippen LogP) is 3.93. The van der Waals surface area contributed by atoms with Crippen molar-refractivity contribution >= 4 is 28.6 Å². The minimum Gasteiger partial charge on any atom is -0.378 e. The summed E-state index contributed by atoms with van der Waals surface area (Å²) in [4.78, 5) is 15.5. The highest BCUT2D eigenvalue weighted by molar-refractivity contribution is 7.98. The molecule has 0 atom stereocenters. The zero-order valence-corrected chi connectivity index (χ0v) is 15.8. The molecule has 0 bridgehead atoms. The number of ether oxygens (including phenoxy) is 1. The number of hydrogen-bond acceptors (Lipinski definition) is 3. The normalized spacial score (nSPS) is 14.6. The van der Waals surface area contributed by atoms with Gasteiger partial charge in [-0.05, 0) is 17.7 Å². The molecule has 1 fully saturated rings. The Kier molecular flexibility index (Phi) is 5.45. The average molecular weight is 384 g/mol. The van der Waals surface area contributed by atoms with Crippen LogP contribution >= 0.6 is 11.8 Å². The highest BCUT2D eigenvalue weighted by Crippen LogP contribution is 2.32. The van der Waals surface area contributed by atoms with Crippen molar-refractivity contribution in [3.05, 3.63) is 66.1 Å². The smallest absolute Gasteiger partial charge is 0.242 e. The number of aromatic nitrogens is 1. The Hall–Kier alpha value is -2.31. The molecule has 4 rings (SSSR count). The number of carbonyl (C=O) groups excluding carboxylic acids is 1. The van der Waals surface area contributed by atoms with Gasteiger partial charge in [0.15, 0.2) is 0 Å². The van der Waals surface area contributed by atoms with Crippen LogP contribution in [0.15, 0.2) is 59.6 Å². The summed E-state index contributed by atoms with van der Waals surface area (Å²) in [5.41, 5.74) is 1.71. The number of fused-ring (bicyclic) bond motifs is 1. The van der Waals surface area contributed by atoms with Crippen molar-refractivity contribution in [2.24, 2.45) is 0 Å². The van der Waals surface area contributed by atoms with E-state index in [4.69, 9.17) is 4.74 Å². The van der Waals surface area contributed by atoms with Crippen molar-refractivity contribution in [1.82, 2.24) is 9.47 Å². The van der Waals surface area contributed by atoms with E-state index >= 15 is 0 Å². The minimum atomic E-state index is -0.184. The van der Waals surface area contributed by atoms with E-state index < -0.39 is 0 Å². The summed E-state index contributed by atoms with van der Waals surface area (Å²) in [6.07, 6.45) is 2.01. The van der Waals surface area contributed by atoms with Crippen LogP contribution in [0.3, 0.4) is 0 Å². The molecule has 0 radical (unpaired) electrons. The van der Waals surface area contributed by atoms with Crippen molar-refractivity contribution in [1.29, 1.82) is 0 Å². The average Bonchev–Trinajstić information content (AvgIpc) is 3.06. The summed E-state index contributed by atoms with van der Waals surface area (Å²) in [7, 11) is 0. The van der Waals surface area contributed by atoms with Gasteiger partial charge in [-0.1, -0.05) is 36.4 Å². The molecule has 1 saturated heterocycles. The maximum absolute atomic E-state index is 13.9. The van der Waals surface area contributed by atoms with E-state index in [-0.39, 0.29) is 11.7 Å². The van der Waals surface area contributed by atoms with Gasteiger partial charge in [0.2, 0.25) is 5.91 Å². The maximum atomic E-state index is 13.9. The molecule has 0 spiro atoms. The standard InChI is InChI=1S/C21H21FN2O2S/c22-18-7-3-1-5-16(18)15-27-20-13-24(19-8-4-2-6-17(19)20)14-21(25)23-9-11-26-12-10-23/h1-8,13H,9-12,14-15H2. The van der Waals surface area contributed by atoms with Gasteiger partial charge in [-0.15, -0.1) is 11.8 Å². The first-order valence-corrected chi connectivity index (χ1v) is 10.0.